The number of nitrogen functional groups attached to an aromatic ring is 1. The van der Waals surface area contributed by atoms with E-state index < -0.39 is 0 Å². The Bertz CT molecular complexity index is 583. The van der Waals surface area contributed by atoms with E-state index in [9.17, 15) is 15.2 Å². The predicted octanol–water partition coefficient (Wildman–Crippen LogP) is 1.08. The second-order valence-electron chi connectivity index (χ2n) is 4.85. The lowest BCUT2D eigenvalue weighted by Crippen LogP contribution is -2.35. The van der Waals surface area contributed by atoms with Crippen molar-refractivity contribution in [3.05, 3.63) is 23.1 Å². The molecule has 0 unspecified atom stereocenters. The number of nitrogens with zero attached hydrogens (tertiary/aromatic N) is 2. The molecule has 1 aliphatic rings. The van der Waals surface area contributed by atoms with E-state index in [1.54, 1.807) is 6.08 Å². The van der Waals surface area contributed by atoms with Crippen molar-refractivity contribution in [3.63, 3.8) is 0 Å². The Balaban J connectivity index is 2.28. The number of thiophene rings is 1. The first-order valence-electron chi connectivity index (χ1n) is 6.73. The van der Waals surface area contributed by atoms with E-state index in [0.717, 1.165) is 0 Å². The number of aliphatic hydroxyl groups excluding tert-OH is 1. The van der Waals surface area contributed by atoms with Crippen molar-refractivity contribution in [1.29, 1.82) is 5.26 Å². The average molecular weight is 306 g/mol. The average Bonchev–Trinajstić information content (AvgIpc) is 2.82. The molecule has 1 saturated heterocycles. The SMILES string of the molecule is C=CCNC(=O)c1sc(N2CCC(O)CC2)c(C#N)c1N. The highest BCUT2D eigenvalue weighted by Gasteiger charge is 2.26. The Morgan fingerprint density at radius 3 is 2.86 bits per heavy atom. The van der Waals surface area contributed by atoms with Crippen LogP contribution in [0.4, 0.5) is 10.7 Å². The summed E-state index contributed by atoms with van der Waals surface area (Å²) < 4.78 is 0. The Morgan fingerprint density at radius 2 is 2.29 bits per heavy atom. The maximum atomic E-state index is 12.0. The lowest BCUT2D eigenvalue weighted by atomic mass is 10.1. The summed E-state index contributed by atoms with van der Waals surface area (Å²) in [6.45, 7) is 5.20. The number of hydrogen-bond donors (Lipinski definition) is 3. The van der Waals surface area contributed by atoms with Crippen LogP contribution in [0.25, 0.3) is 0 Å². The highest BCUT2D eigenvalue weighted by molar-refractivity contribution is 7.19. The molecular formula is C14H18N4O2S. The first-order valence-corrected chi connectivity index (χ1v) is 7.54. The molecular weight excluding hydrogens is 288 g/mol. The molecule has 6 nitrogen and oxygen atoms in total. The summed E-state index contributed by atoms with van der Waals surface area (Å²) in [7, 11) is 0. The largest absolute Gasteiger partial charge is 0.396 e. The standard InChI is InChI=1S/C14H18N4O2S/c1-2-5-17-13(20)12-11(16)10(8-15)14(21-12)18-6-3-9(19)4-7-18/h2,9,19H,1,3-7,16H2,(H,17,20). The highest BCUT2D eigenvalue weighted by atomic mass is 32.1. The van der Waals surface area contributed by atoms with Crippen LogP contribution in [-0.4, -0.2) is 36.8 Å². The maximum Gasteiger partial charge on any atom is 0.263 e. The highest BCUT2D eigenvalue weighted by Crippen LogP contribution is 2.38. The number of aliphatic hydroxyl groups is 1. The third-order valence-electron chi connectivity index (χ3n) is 3.40. The van der Waals surface area contributed by atoms with Crippen LogP contribution < -0.4 is 16.0 Å². The Hall–Kier alpha value is -2.04. The van der Waals surface area contributed by atoms with Gasteiger partial charge < -0.3 is 21.1 Å². The number of rotatable bonds is 4. The fourth-order valence-corrected chi connectivity index (χ4v) is 3.38. The molecule has 1 aliphatic heterocycles. The zero-order valence-corrected chi connectivity index (χ0v) is 12.4. The van der Waals surface area contributed by atoms with Gasteiger partial charge in [0.1, 0.15) is 21.5 Å². The molecule has 21 heavy (non-hydrogen) atoms. The van der Waals surface area contributed by atoms with Gasteiger partial charge in [-0.3, -0.25) is 4.79 Å². The fraction of sp³-hybridized carbons (Fsp3) is 0.429. The van der Waals surface area contributed by atoms with E-state index in [2.05, 4.69) is 18.0 Å². The van der Waals surface area contributed by atoms with Gasteiger partial charge in [-0.25, -0.2) is 0 Å². The number of amides is 1. The number of hydrogen-bond acceptors (Lipinski definition) is 6. The lowest BCUT2D eigenvalue weighted by Gasteiger charge is -2.30. The second-order valence-corrected chi connectivity index (χ2v) is 5.85. The van der Waals surface area contributed by atoms with Gasteiger partial charge in [0.05, 0.1) is 11.8 Å². The monoisotopic (exact) mass is 306 g/mol. The summed E-state index contributed by atoms with van der Waals surface area (Å²) in [5, 5.41) is 22.2. The van der Waals surface area contributed by atoms with E-state index in [1.807, 2.05) is 4.90 Å². The number of carbonyl (C=O) groups excluding carboxylic acids is 1. The number of anilines is 2. The van der Waals surface area contributed by atoms with E-state index in [0.29, 0.717) is 47.9 Å². The molecule has 0 aliphatic carbocycles. The van der Waals surface area contributed by atoms with Crippen LogP contribution in [0.5, 0.6) is 0 Å². The molecule has 1 amide bonds. The molecule has 112 valence electrons. The number of nitriles is 1. The van der Waals surface area contributed by atoms with Crippen LogP contribution in [0.2, 0.25) is 0 Å². The normalized spacial score (nSPS) is 15.5. The van der Waals surface area contributed by atoms with Crippen molar-refractivity contribution in [3.8, 4) is 6.07 Å². The summed E-state index contributed by atoms with van der Waals surface area (Å²) in [5.74, 6) is -0.294. The summed E-state index contributed by atoms with van der Waals surface area (Å²) in [4.78, 5) is 14.4. The van der Waals surface area contributed by atoms with E-state index in [-0.39, 0.29) is 17.7 Å². The van der Waals surface area contributed by atoms with Gasteiger partial charge in [-0.1, -0.05) is 6.08 Å². The Morgan fingerprint density at radius 1 is 1.62 bits per heavy atom. The summed E-state index contributed by atoms with van der Waals surface area (Å²) in [6, 6.07) is 2.08. The van der Waals surface area contributed by atoms with Gasteiger partial charge in [-0.05, 0) is 12.8 Å². The van der Waals surface area contributed by atoms with E-state index in [1.165, 1.54) is 11.3 Å². The third kappa shape index (κ3) is 3.17. The molecule has 2 heterocycles. The maximum absolute atomic E-state index is 12.0. The van der Waals surface area contributed by atoms with Crippen molar-refractivity contribution >= 4 is 27.9 Å². The molecule has 2 rings (SSSR count). The zero-order valence-electron chi connectivity index (χ0n) is 11.6. The van der Waals surface area contributed by atoms with Crippen molar-refractivity contribution < 1.29 is 9.90 Å². The van der Waals surface area contributed by atoms with Crippen LogP contribution in [0.1, 0.15) is 28.1 Å². The minimum Gasteiger partial charge on any atom is -0.396 e. The lowest BCUT2D eigenvalue weighted by molar-refractivity contribution is 0.0963. The van der Waals surface area contributed by atoms with Gasteiger partial charge in [-0.15, -0.1) is 17.9 Å². The molecule has 1 fully saturated rings. The molecule has 0 radical (unpaired) electrons. The molecule has 0 atom stereocenters. The van der Waals surface area contributed by atoms with Crippen molar-refractivity contribution in [2.24, 2.45) is 0 Å². The molecule has 1 aromatic rings. The van der Waals surface area contributed by atoms with Crippen LogP contribution >= 0.6 is 11.3 Å². The quantitative estimate of drug-likeness (QED) is 0.722. The Labute approximate surface area is 127 Å². The molecule has 0 aromatic carbocycles. The van der Waals surface area contributed by atoms with Gasteiger partial charge in [-0.2, -0.15) is 5.26 Å². The predicted molar refractivity (Wildman–Crippen MR) is 83.4 cm³/mol. The number of nitrogens with two attached hydrogens (primary N) is 1. The summed E-state index contributed by atoms with van der Waals surface area (Å²) >= 11 is 1.23. The first-order chi connectivity index (χ1) is 10.1. The number of nitrogens with one attached hydrogen (secondary N) is 1. The topological polar surface area (TPSA) is 102 Å². The molecule has 4 N–H and O–H groups in total. The van der Waals surface area contributed by atoms with Gasteiger partial charge >= 0.3 is 0 Å². The van der Waals surface area contributed by atoms with E-state index in [4.69, 9.17) is 5.73 Å². The second kappa shape index (κ2) is 6.61. The smallest absolute Gasteiger partial charge is 0.263 e. The summed E-state index contributed by atoms with van der Waals surface area (Å²) in [5.41, 5.74) is 6.52. The summed E-state index contributed by atoms with van der Waals surface area (Å²) in [6.07, 6.45) is 2.60. The van der Waals surface area contributed by atoms with Crippen LogP contribution in [0.3, 0.4) is 0 Å². The van der Waals surface area contributed by atoms with Crippen LogP contribution in [0.15, 0.2) is 12.7 Å². The number of carbonyl (C=O) groups is 1. The first kappa shape index (κ1) is 15.4. The van der Waals surface area contributed by atoms with Crippen molar-refractivity contribution in [1.82, 2.24) is 5.32 Å². The minimum atomic E-state index is -0.294. The van der Waals surface area contributed by atoms with Gasteiger partial charge in [0, 0.05) is 19.6 Å². The van der Waals surface area contributed by atoms with Gasteiger partial charge in [0.15, 0.2) is 0 Å². The molecule has 0 saturated carbocycles. The third-order valence-corrected chi connectivity index (χ3v) is 4.67. The zero-order chi connectivity index (χ0) is 15.4. The van der Waals surface area contributed by atoms with Crippen molar-refractivity contribution in [2.75, 3.05) is 30.3 Å². The molecule has 0 bridgehead atoms. The van der Waals surface area contributed by atoms with Gasteiger partial charge in [0.2, 0.25) is 0 Å². The van der Waals surface area contributed by atoms with Crippen LogP contribution in [-0.2, 0) is 0 Å². The van der Waals surface area contributed by atoms with Crippen molar-refractivity contribution in [2.45, 2.75) is 18.9 Å². The Kier molecular flexibility index (Phi) is 4.83. The number of piperidine rings is 1. The molecule has 1 aromatic heterocycles. The minimum absolute atomic E-state index is 0.227. The van der Waals surface area contributed by atoms with E-state index >= 15 is 0 Å². The molecule has 7 heteroatoms. The van der Waals surface area contributed by atoms with Crippen LogP contribution in [0, 0.1) is 11.3 Å². The fourth-order valence-electron chi connectivity index (χ4n) is 2.24. The van der Waals surface area contributed by atoms with Gasteiger partial charge in [0.25, 0.3) is 5.91 Å². The molecule has 0 spiro atoms.